The minimum Gasteiger partial charge on any atom is -0.459 e. The second-order valence-corrected chi connectivity index (χ2v) is 3.88. The average molecular weight is 237 g/mol. The van der Waals surface area contributed by atoms with Crippen LogP contribution in [0.3, 0.4) is 0 Å². The maximum atomic E-state index is 11.6. The predicted molar refractivity (Wildman–Crippen MR) is 60.5 cm³/mol. The van der Waals surface area contributed by atoms with Crippen LogP contribution in [0.15, 0.2) is 22.8 Å². The molecular formula is C11H15N3O3. The molecule has 17 heavy (non-hydrogen) atoms. The molecular weight excluding hydrogens is 222 g/mol. The Hall–Kier alpha value is -1.66. The van der Waals surface area contributed by atoms with Gasteiger partial charge < -0.3 is 9.73 Å². The van der Waals surface area contributed by atoms with Gasteiger partial charge in [0.05, 0.1) is 12.8 Å². The van der Waals surface area contributed by atoms with Gasteiger partial charge in [0.2, 0.25) is 5.91 Å². The number of piperazine rings is 1. The highest BCUT2D eigenvalue weighted by atomic mass is 16.3. The molecule has 1 aromatic rings. The molecule has 2 heterocycles. The number of carbonyl (C=O) groups is 2. The van der Waals surface area contributed by atoms with Crippen LogP contribution in [0.25, 0.3) is 0 Å². The number of rotatable bonds is 3. The lowest BCUT2D eigenvalue weighted by Gasteiger charge is -2.26. The number of carbonyl (C=O) groups excluding carboxylic acids is 2. The van der Waals surface area contributed by atoms with E-state index in [9.17, 15) is 9.59 Å². The summed E-state index contributed by atoms with van der Waals surface area (Å²) >= 11 is 0. The van der Waals surface area contributed by atoms with Crippen LogP contribution in [0.2, 0.25) is 0 Å². The number of nitrogens with zero attached hydrogens (tertiary/aromatic N) is 1. The fourth-order valence-corrected chi connectivity index (χ4v) is 1.71. The zero-order valence-electron chi connectivity index (χ0n) is 9.44. The number of imide groups is 1. The fourth-order valence-electron chi connectivity index (χ4n) is 1.71. The van der Waals surface area contributed by atoms with Gasteiger partial charge in [0.1, 0.15) is 0 Å². The number of nitrogens with one attached hydrogen (secondary N) is 2. The molecule has 2 rings (SSSR count). The normalized spacial score (nSPS) is 16.7. The lowest BCUT2D eigenvalue weighted by atomic mass is 10.3. The van der Waals surface area contributed by atoms with Gasteiger partial charge in [-0.15, -0.1) is 0 Å². The summed E-state index contributed by atoms with van der Waals surface area (Å²) in [6, 6.07) is 3.13. The molecule has 1 aliphatic rings. The van der Waals surface area contributed by atoms with Gasteiger partial charge in [-0.25, -0.2) is 0 Å². The quantitative estimate of drug-likeness (QED) is 0.737. The van der Waals surface area contributed by atoms with Gasteiger partial charge >= 0.3 is 0 Å². The van der Waals surface area contributed by atoms with Crippen molar-refractivity contribution in [3.05, 3.63) is 24.2 Å². The van der Waals surface area contributed by atoms with Gasteiger partial charge in [-0.05, 0) is 12.1 Å². The molecule has 0 spiro atoms. The molecule has 6 heteroatoms. The van der Waals surface area contributed by atoms with E-state index in [0.29, 0.717) is 0 Å². The first-order chi connectivity index (χ1) is 8.25. The van der Waals surface area contributed by atoms with Crippen molar-refractivity contribution < 1.29 is 14.0 Å². The van der Waals surface area contributed by atoms with Crippen molar-refractivity contribution >= 4 is 11.8 Å². The molecule has 1 aromatic heterocycles. The van der Waals surface area contributed by atoms with E-state index < -0.39 is 5.91 Å². The largest absolute Gasteiger partial charge is 0.459 e. The van der Waals surface area contributed by atoms with Gasteiger partial charge in [0.15, 0.2) is 5.76 Å². The van der Waals surface area contributed by atoms with E-state index in [4.69, 9.17) is 4.42 Å². The third kappa shape index (κ3) is 3.40. The first-order valence-electron chi connectivity index (χ1n) is 5.56. The minimum atomic E-state index is -0.491. The summed E-state index contributed by atoms with van der Waals surface area (Å²) in [5, 5.41) is 5.49. The summed E-state index contributed by atoms with van der Waals surface area (Å²) in [6.07, 6.45) is 1.40. The van der Waals surface area contributed by atoms with Crippen LogP contribution in [-0.4, -0.2) is 49.4 Å². The van der Waals surface area contributed by atoms with Crippen molar-refractivity contribution in [1.82, 2.24) is 15.5 Å². The number of furan rings is 1. The van der Waals surface area contributed by atoms with Crippen molar-refractivity contribution in [2.45, 2.75) is 0 Å². The Balaban J connectivity index is 1.78. The average Bonchev–Trinajstić information content (AvgIpc) is 2.83. The van der Waals surface area contributed by atoms with Crippen molar-refractivity contribution in [3.8, 4) is 0 Å². The lowest BCUT2D eigenvalue weighted by molar-refractivity contribution is -0.121. The molecule has 1 aliphatic heterocycles. The predicted octanol–water partition coefficient (Wildman–Crippen LogP) is -0.559. The van der Waals surface area contributed by atoms with E-state index in [1.807, 2.05) is 4.90 Å². The molecule has 1 saturated heterocycles. The molecule has 0 aliphatic carbocycles. The van der Waals surface area contributed by atoms with Crippen molar-refractivity contribution in [2.24, 2.45) is 0 Å². The van der Waals surface area contributed by atoms with Gasteiger partial charge in [-0.2, -0.15) is 0 Å². The van der Waals surface area contributed by atoms with Crippen LogP contribution in [0.5, 0.6) is 0 Å². The van der Waals surface area contributed by atoms with Crippen LogP contribution in [0.4, 0.5) is 0 Å². The molecule has 6 nitrogen and oxygen atoms in total. The minimum absolute atomic E-state index is 0.152. The molecule has 0 unspecified atom stereocenters. The number of amides is 2. The summed E-state index contributed by atoms with van der Waals surface area (Å²) in [4.78, 5) is 25.1. The van der Waals surface area contributed by atoms with Gasteiger partial charge in [-0.1, -0.05) is 0 Å². The zero-order chi connectivity index (χ0) is 12.1. The van der Waals surface area contributed by atoms with Gasteiger partial charge in [0, 0.05) is 26.2 Å². The third-order valence-corrected chi connectivity index (χ3v) is 2.57. The summed E-state index contributed by atoms with van der Waals surface area (Å²) < 4.78 is 4.90. The second kappa shape index (κ2) is 5.60. The van der Waals surface area contributed by atoms with E-state index >= 15 is 0 Å². The smallest absolute Gasteiger partial charge is 0.293 e. The highest BCUT2D eigenvalue weighted by Gasteiger charge is 2.16. The lowest BCUT2D eigenvalue weighted by Crippen LogP contribution is -2.48. The highest BCUT2D eigenvalue weighted by molar-refractivity contribution is 6.03. The fraction of sp³-hybridized carbons (Fsp3) is 0.455. The summed E-state index contributed by atoms with van der Waals surface area (Å²) in [7, 11) is 0. The maximum Gasteiger partial charge on any atom is 0.293 e. The van der Waals surface area contributed by atoms with Gasteiger partial charge in [-0.3, -0.25) is 19.8 Å². The van der Waals surface area contributed by atoms with Gasteiger partial charge in [0.25, 0.3) is 5.91 Å². The van der Waals surface area contributed by atoms with Crippen molar-refractivity contribution in [3.63, 3.8) is 0 Å². The van der Waals surface area contributed by atoms with Crippen LogP contribution in [0, 0.1) is 0 Å². The van der Waals surface area contributed by atoms with Crippen LogP contribution in [0.1, 0.15) is 10.6 Å². The summed E-state index contributed by atoms with van der Waals surface area (Å²) in [5.74, 6) is -0.637. The number of hydrogen-bond donors (Lipinski definition) is 2. The molecule has 0 radical (unpaired) electrons. The molecule has 0 saturated carbocycles. The Kier molecular flexibility index (Phi) is 3.89. The van der Waals surface area contributed by atoms with E-state index in [1.165, 1.54) is 12.3 Å². The molecule has 92 valence electrons. The Labute approximate surface area is 99.0 Å². The molecule has 2 amide bonds. The molecule has 2 N–H and O–H groups in total. The second-order valence-electron chi connectivity index (χ2n) is 3.88. The summed E-state index contributed by atoms with van der Waals surface area (Å²) in [5.41, 5.74) is 0. The van der Waals surface area contributed by atoms with E-state index in [2.05, 4.69) is 10.6 Å². The monoisotopic (exact) mass is 237 g/mol. The highest BCUT2D eigenvalue weighted by Crippen LogP contribution is 1.99. The molecule has 0 aromatic carbocycles. The third-order valence-electron chi connectivity index (χ3n) is 2.57. The molecule has 1 fully saturated rings. The van der Waals surface area contributed by atoms with Crippen LogP contribution < -0.4 is 10.6 Å². The van der Waals surface area contributed by atoms with Crippen molar-refractivity contribution in [1.29, 1.82) is 0 Å². The molecule has 0 bridgehead atoms. The van der Waals surface area contributed by atoms with Crippen LogP contribution >= 0.6 is 0 Å². The zero-order valence-corrected chi connectivity index (χ0v) is 9.44. The topological polar surface area (TPSA) is 74.6 Å². The Bertz CT molecular complexity index is 383. The maximum absolute atomic E-state index is 11.6. The van der Waals surface area contributed by atoms with Crippen molar-refractivity contribution in [2.75, 3.05) is 32.7 Å². The Morgan fingerprint density at radius 2 is 2.18 bits per heavy atom. The van der Waals surface area contributed by atoms with Crippen LogP contribution in [-0.2, 0) is 4.79 Å². The Morgan fingerprint density at radius 1 is 1.41 bits per heavy atom. The molecule has 0 atom stereocenters. The summed E-state index contributed by atoms with van der Waals surface area (Å²) in [6.45, 7) is 3.64. The van der Waals surface area contributed by atoms with E-state index in [1.54, 1.807) is 6.07 Å². The standard InChI is InChI=1S/C11H15N3O3/c15-10(8-14-5-3-12-4-6-14)13-11(16)9-2-1-7-17-9/h1-2,7,12H,3-6,8H2,(H,13,15,16). The Morgan fingerprint density at radius 3 is 2.82 bits per heavy atom. The van der Waals surface area contributed by atoms with E-state index in [0.717, 1.165) is 26.2 Å². The number of hydrogen-bond acceptors (Lipinski definition) is 5. The SMILES string of the molecule is O=C(CN1CCNCC1)NC(=O)c1ccco1. The van der Waals surface area contributed by atoms with E-state index in [-0.39, 0.29) is 18.2 Å². The first kappa shape index (κ1) is 11.8. The first-order valence-corrected chi connectivity index (χ1v) is 5.56.